The first-order valence-electron chi connectivity index (χ1n) is 10.3. The number of amides is 1. The van der Waals surface area contributed by atoms with Crippen LogP contribution in [0.4, 0.5) is 10.1 Å². The second kappa shape index (κ2) is 9.30. The van der Waals surface area contributed by atoms with Gasteiger partial charge >= 0.3 is 0 Å². The van der Waals surface area contributed by atoms with Gasteiger partial charge in [-0.15, -0.1) is 0 Å². The van der Waals surface area contributed by atoms with Crippen LogP contribution in [0.15, 0.2) is 77.7 Å². The van der Waals surface area contributed by atoms with E-state index in [0.29, 0.717) is 13.0 Å². The minimum absolute atomic E-state index is 0.0239. The monoisotopic (exact) mass is 472 g/mol. The summed E-state index contributed by atoms with van der Waals surface area (Å²) in [6.45, 7) is 0.577. The molecule has 5 nitrogen and oxygen atoms in total. The Hall–Kier alpha value is -2.90. The molecule has 166 valence electrons. The van der Waals surface area contributed by atoms with E-state index >= 15 is 0 Å². The fourth-order valence-corrected chi connectivity index (χ4v) is 5.33. The highest BCUT2D eigenvalue weighted by atomic mass is 35.5. The molecule has 32 heavy (non-hydrogen) atoms. The molecule has 1 aliphatic heterocycles. The fourth-order valence-electron chi connectivity index (χ4n) is 3.96. The minimum Gasteiger partial charge on any atom is -0.335 e. The number of benzene rings is 3. The van der Waals surface area contributed by atoms with E-state index < -0.39 is 10.0 Å². The third-order valence-electron chi connectivity index (χ3n) is 5.51. The van der Waals surface area contributed by atoms with E-state index in [9.17, 15) is 17.6 Å². The molecule has 1 atom stereocenters. The summed E-state index contributed by atoms with van der Waals surface area (Å²) in [6, 6.07) is 18.8. The van der Waals surface area contributed by atoms with Gasteiger partial charge in [0.05, 0.1) is 15.6 Å². The zero-order chi connectivity index (χ0) is 22.7. The molecule has 1 amide bonds. The largest absolute Gasteiger partial charge is 0.335 e. The van der Waals surface area contributed by atoms with Crippen LogP contribution in [-0.2, 0) is 16.4 Å². The van der Waals surface area contributed by atoms with Gasteiger partial charge in [0.2, 0.25) is 0 Å². The van der Waals surface area contributed by atoms with Crippen LogP contribution in [0.5, 0.6) is 0 Å². The van der Waals surface area contributed by atoms with Crippen molar-refractivity contribution in [2.75, 3.05) is 11.3 Å². The van der Waals surface area contributed by atoms with E-state index in [4.69, 9.17) is 11.6 Å². The van der Waals surface area contributed by atoms with E-state index in [1.54, 1.807) is 47.4 Å². The highest BCUT2D eigenvalue weighted by Gasteiger charge is 2.30. The molecular weight excluding hydrogens is 451 g/mol. The molecule has 3 aromatic rings. The number of hydrogen-bond donors (Lipinski definition) is 1. The first-order chi connectivity index (χ1) is 15.3. The lowest BCUT2D eigenvalue weighted by Gasteiger charge is -2.25. The van der Waals surface area contributed by atoms with Crippen molar-refractivity contribution in [3.05, 3.63) is 94.8 Å². The summed E-state index contributed by atoms with van der Waals surface area (Å²) in [7, 11) is -3.93. The molecule has 0 saturated carbocycles. The summed E-state index contributed by atoms with van der Waals surface area (Å²) in [4.78, 5) is 14.9. The van der Waals surface area contributed by atoms with Gasteiger partial charge < -0.3 is 4.90 Å². The average molecular weight is 473 g/mol. The number of rotatable bonds is 6. The Kier molecular flexibility index (Phi) is 6.48. The zero-order valence-electron chi connectivity index (χ0n) is 17.2. The number of para-hydroxylation sites is 1. The summed E-state index contributed by atoms with van der Waals surface area (Å²) in [5.74, 6) is -0.541. The van der Waals surface area contributed by atoms with Crippen molar-refractivity contribution in [2.45, 2.75) is 30.2 Å². The summed E-state index contributed by atoms with van der Waals surface area (Å²) in [6.07, 6.45) is 2.21. The van der Waals surface area contributed by atoms with Crippen molar-refractivity contribution < 1.29 is 17.6 Å². The Balaban J connectivity index is 1.54. The van der Waals surface area contributed by atoms with Gasteiger partial charge in [-0.2, -0.15) is 0 Å². The predicted molar refractivity (Wildman–Crippen MR) is 123 cm³/mol. The van der Waals surface area contributed by atoms with Gasteiger partial charge in [0.1, 0.15) is 5.82 Å². The number of sulfonamides is 1. The Bertz CT molecular complexity index is 1250. The fraction of sp³-hybridized carbons (Fsp3) is 0.208. The molecule has 1 unspecified atom stereocenters. The zero-order valence-corrected chi connectivity index (χ0v) is 18.7. The maximum atomic E-state index is 13.5. The number of halogens is 2. The van der Waals surface area contributed by atoms with Gasteiger partial charge in [-0.25, -0.2) is 12.8 Å². The van der Waals surface area contributed by atoms with Gasteiger partial charge in [0.25, 0.3) is 15.9 Å². The summed E-state index contributed by atoms with van der Waals surface area (Å²) >= 11 is 6.07. The Morgan fingerprint density at radius 1 is 1.06 bits per heavy atom. The maximum absolute atomic E-state index is 13.5. The highest BCUT2D eigenvalue weighted by molar-refractivity contribution is 7.92. The smallest absolute Gasteiger partial charge is 0.261 e. The van der Waals surface area contributed by atoms with Crippen LogP contribution < -0.4 is 4.72 Å². The van der Waals surface area contributed by atoms with E-state index in [-0.39, 0.29) is 38.9 Å². The van der Waals surface area contributed by atoms with Gasteiger partial charge in [0, 0.05) is 18.2 Å². The Morgan fingerprint density at radius 2 is 1.84 bits per heavy atom. The highest BCUT2D eigenvalue weighted by Crippen LogP contribution is 2.26. The number of nitrogens with one attached hydrogen (secondary N) is 1. The molecule has 1 saturated heterocycles. The van der Waals surface area contributed by atoms with Crippen LogP contribution in [0.3, 0.4) is 0 Å². The number of hydrogen-bond acceptors (Lipinski definition) is 3. The number of likely N-dealkylation sites (tertiary alicyclic amines) is 1. The first-order valence-corrected chi connectivity index (χ1v) is 12.1. The summed E-state index contributed by atoms with van der Waals surface area (Å²) in [5.41, 5.74) is 1.38. The van der Waals surface area contributed by atoms with E-state index in [1.165, 1.54) is 24.3 Å². The normalized spacial score (nSPS) is 16.2. The molecule has 1 N–H and O–H groups in total. The second-order valence-corrected chi connectivity index (χ2v) is 9.83. The predicted octanol–water partition coefficient (Wildman–Crippen LogP) is 5.13. The van der Waals surface area contributed by atoms with Crippen LogP contribution in [0.1, 0.15) is 28.8 Å². The van der Waals surface area contributed by atoms with Gasteiger partial charge in [-0.3, -0.25) is 9.52 Å². The third-order valence-corrected chi connectivity index (χ3v) is 7.20. The molecular formula is C24H22ClFN2O3S. The van der Waals surface area contributed by atoms with Crippen LogP contribution in [-0.4, -0.2) is 31.8 Å². The molecule has 1 aliphatic rings. The van der Waals surface area contributed by atoms with Crippen molar-refractivity contribution in [2.24, 2.45) is 0 Å². The summed E-state index contributed by atoms with van der Waals surface area (Å²) in [5, 5.41) is 0.278. The van der Waals surface area contributed by atoms with Gasteiger partial charge in [0.15, 0.2) is 0 Å². The molecule has 1 fully saturated rings. The minimum atomic E-state index is -3.93. The van der Waals surface area contributed by atoms with Crippen molar-refractivity contribution in [3.63, 3.8) is 0 Å². The lowest BCUT2D eigenvalue weighted by molar-refractivity contribution is 0.0736. The lowest BCUT2D eigenvalue weighted by Crippen LogP contribution is -2.36. The maximum Gasteiger partial charge on any atom is 0.261 e. The summed E-state index contributed by atoms with van der Waals surface area (Å²) < 4.78 is 41.7. The van der Waals surface area contributed by atoms with Crippen molar-refractivity contribution in [1.29, 1.82) is 0 Å². The van der Waals surface area contributed by atoms with Crippen LogP contribution in [0.25, 0.3) is 0 Å². The van der Waals surface area contributed by atoms with Crippen molar-refractivity contribution in [3.8, 4) is 0 Å². The van der Waals surface area contributed by atoms with E-state index in [1.807, 2.05) is 6.07 Å². The molecule has 8 heteroatoms. The molecule has 0 aromatic heterocycles. The molecule has 0 aliphatic carbocycles. The molecule has 3 aromatic carbocycles. The van der Waals surface area contributed by atoms with E-state index in [2.05, 4.69) is 4.72 Å². The quantitative estimate of drug-likeness (QED) is 0.541. The standard InChI is InChI=1S/C24H22ClFN2O3S/c25-22-11-1-2-12-23(22)27-32(30,31)21-10-4-7-18(16-21)24(29)28-13-5-9-20(28)15-17-6-3-8-19(26)14-17/h1-4,6-8,10-12,14,16,20,27H,5,9,13,15H2. The molecule has 4 rings (SSSR count). The number of carbonyl (C=O) groups is 1. The number of nitrogens with zero attached hydrogens (tertiary/aromatic N) is 1. The molecule has 0 bridgehead atoms. The molecule has 0 radical (unpaired) electrons. The van der Waals surface area contributed by atoms with Crippen LogP contribution >= 0.6 is 11.6 Å². The average Bonchev–Trinajstić information content (AvgIpc) is 3.23. The van der Waals surface area contributed by atoms with Gasteiger partial charge in [-0.1, -0.05) is 41.9 Å². The molecule has 0 spiro atoms. The Labute approximate surface area is 191 Å². The Morgan fingerprint density at radius 3 is 2.62 bits per heavy atom. The number of carbonyl (C=O) groups excluding carboxylic acids is 1. The first kappa shape index (κ1) is 22.3. The molecule has 1 heterocycles. The SMILES string of the molecule is O=C(c1cccc(S(=O)(=O)Nc2ccccc2Cl)c1)N1CCCC1Cc1cccc(F)c1. The lowest BCUT2D eigenvalue weighted by atomic mass is 10.0. The van der Waals surface area contributed by atoms with Crippen LogP contribution in [0.2, 0.25) is 5.02 Å². The second-order valence-electron chi connectivity index (χ2n) is 7.74. The van der Waals surface area contributed by atoms with Gasteiger partial charge in [-0.05, 0) is 67.3 Å². The van der Waals surface area contributed by atoms with E-state index in [0.717, 1.165) is 18.4 Å². The van der Waals surface area contributed by atoms with Crippen molar-refractivity contribution >= 4 is 33.2 Å². The van der Waals surface area contributed by atoms with Crippen LogP contribution in [0, 0.1) is 5.82 Å². The number of anilines is 1. The third kappa shape index (κ3) is 4.95. The topological polar surface area (TPSA) is 66.5 Å². The van der Waals surface area contributed by atoms with Crippen molar-refractivity contribution in [1.82, 2.24) is 4.90 Å².